The quantitative estimate of drug-likeness (QED) is 0.734. The molecular formula is C11H9N3O. The van der Waals surface area contributed by atoms with Gasteiger partial charge in [-0.3, -0.25) is 0 Å². The van der Waals surface area contributed by atoms with Crippen LogP contribution in [0.5, 0.6) is 0 Å². The van der Waals surface area contributed by atoms with Gasteiger partial charge in [-0.1, -0.05) is 24.3 Å². The minimum Gasteiger partial charge on any atom is -0.392 e. The highest BCUT2D eigenvalue weighted by Gasteiger charge is 2.26. The van der Waals surface area contributed by atoms with Crippen LogP contribution in [0.15, 0.2) is 51.0 Å². The molecule has 0 amide bonds. The van der Waals surface area contributed by atoms with E-state index < -0.39 is 0 Å². The van der Waals surface area contributed by atoms with Gasteiger partial charge in [0.15, 0.2) is 0 Å². The Morgan fingerprint density at radius 2 is 2.13 bits per heavy atom. The van der Waals surface area contributed by atoms with Gasteiger partial charge in [0.05, 0.1) is 6.61 Å². The van der Waals surface area contributed by atoms with E-state index >= 15 is 0 Å². The molecule has 15 heavy (non-hydrogen) atoms. The number of hydrogen-bond acceptors (Lipinski definition) is 4. The smallest absolute Gasteiger partial charge is 0.123 e. The van der Waals surface area contributed by atoms with E-state index in [-0.39, 0.29) is 6.61 Å². The first-order valence-electron chi connectivity index (χ1n) is 4.80. The van der Waals surface area contributed by atoms with Gasteiger partial charge in [0.25, 0.3) is 0 Å². The van der Waals surface area contributed by atoms with Crippen LogP contribution in [0.2, 0.25) is 0 Å². The van der Waals surface area contributed by atoms with E-state index in [1.165, 1.54) is 5.56 Å². The largest absolute Gasteiger partial charge is 0.392 e. The molecule has 2 aliphatic rings. The van der Waals surface area contributed by atoms with Gasteiger partial charge in [0, 0.05) is 5.56 Å². The lowest BCUT2D eigenvalue weighted by atomic mass is 9.88. The van der Waals surface area contributed by atoms with Crippen molar-refractivity contribution in [2.45, 2.75) is 6.42 Å². The number of aliphatic hydroxyl groups is 1. The van der Waals surface area contributed by atoms with E-state index in [4.69, 9.17) is 0 Å². The Morgan fingerprint density at radius 3 is 3.00 bits per heavy atom. The summed E-state index contributed by atoms with van der Waals surface area (Å²) in [4.78, 5) is 0. The molecule has 0 saturated carbocycles. The highest BCUT2D eigenvalue weighted by Crippen LogP contribution is 2.30. The normalized spacial score (nSPS) is 17.5. The highest BCUT2D eigenvalue weighted by molar-refractivity contribution is 6.15. The van der Waals surface area contributed by atoms with Crippen LogP contribution in [0.1, 0.15) is 11.1 Å². The van der Waals surface area contributed by atoms with Crippen molar-refractivity contribution in [3.63, 3.8) is 0 Å². The molecule has 4 nitrogen and oxygen atoms in total. The highest BCUT2D eigenvalue weighted by atomic mass is 16.3. The number of aliphatic hydroxyl groups excluding tert-OH is 1. The molecule has 3 rings (SSSR count). The number of rotatable bonds is 1. The first kappa shape index (κ1) is 8.49. The van der Waals surface area contributed by atoms with Gasteiger partial charge in [-0.05, 0) is 22.8 Å². The number of benzene rings is 1. The fourth-order valence-corrected chi connectivity index (χ4v) is 1.98. The zero-order chi connectivity index (χ0) is 10.3. The molecule has 0 spiro atoms. The van der Waals surface area contributed by atoms with Crippen LogP contribution in [0.4, 0.5) is 0 Å². The van der Waals surface area contributed by atoms with Crippen LogP contribution in [0.25, 0.3) is 0 Å². The zero-order valence-electron chi connectivity index (χ0n) is 8.01. The Morgan fingerprint density at radius 1 is 1.27 bits per heavy atom. The third-order valence-corrected chi connectivity index (χ3v) is 2.72. The molecule has 0 unspecified atom stereocenters. The zero-order valence-corrected chi connectivity index (χ0v) is 8.01. The summed E-state index contributed by atoms with van der Waals surface area (Å²) in [5.41, 5.74) is 4.69. The molecular weight excluding hydrogens is 190 g/mol. The topological polar surface area (TPSA) is 57.3 Å². The summed E-state index contributed by atoms with van der Waals surface area (Å²) in [6.07, 6.45) is 0.736. The van der Waals surface area contributed by atoms with Crippen LogP contribution in [-0.2, 0) is 6.42 Å². The number of allylic oxidation sites excluding steroid dienone is 1. The Hall–Kier alpha value is -1.81. The van der Waals surface area contributed by atoms with Crippen molar-refractivity contribution in [2.24, 2.45) is 15.4 Å². The van der Waals surface area contributed by atoms with Crippen molar-refractivity contribution in [3.05, 3.63) is 46.7 Å². The van der Waals surface area contributed by atoms with E-state index in [1.54, 1.807) is 0 Å². The molecule has 1 heterocycles. The van der Waals surface area contributed by atoms with E-state index in [0.717, 1.165) is 29.0 Å². The van der Waals surface area contributed by atoms with Crippen LogP contribution in [0, 0.1) is 0 Å². The van der Waals surface area contributed by atoms with E-state index in [2.05, 4.69) is 15.4 Å². The van der Waals surface area contributed by atoms with Gasteiger partial charge in [0.2, 0.25) is 0 Å². The summed E-state index contributed by atoms with van der Waals surface area (Å²) in [6.45, 7) is 0.0156. The van der Waals surface area contributed by atoms with E-state index in [0.29, 0.717) is 0 Å². The second-order valence-electron chi connectivity index (χ2n) is 3.58. The maximum absolute atomic E-state index is 9.25. The molecule has 0 atom stereocenters. The summed E-state index contributed by atoms with van der Waals surface area (Å²) in [7, 11) is 0. The number of fused-ring (bicyclic) bond motifs is 3. The van der Waals surface area contributed by atoms with E-state index in [9.17, 15) is 5.11 Å². The third-order valence-electron chi connectivity index (χ3n) is 2.72. The SMILES string of the molecule is OCC1=C2N=NN=C2c2ccccc2C1. The molecule has 4 heteroatoms. The maximum atomic E-state index is 9.25. The second-order valence-corrected chi connectivity index (χ2v) is 3.58. The molecule has 1 aromatic rings. The minimum absolute atomic E-state index is 0.0156. The van der Waals surface area contributed by atoms with Crippen molar-refractivity contribution < 1.29 is 5.11 Å². The lowest BCUT2D eigenvalue weighted by Gasteiger charge is -2.17. The van der Waals surface area contributed by atoms with Gasteiger partial charge >= 0.3 is 0 Å². The fourth-order valence-electron chi connectivity index (χ4n) is 1.98. The summed E-state index contributed by atoms with van der Waals surface area (Å²) in [5, 5.41) is 20.9. The maximum Gasteiger partial charge on any atom is 0.123 e. The molecule has 0 saturated heterocycles. The second kappa shape index (κ2) is 3.10. The number of hydrogen-bond donors (Lipinski definition) is 1. The van der Waals surface area contributed by atoms with Crippen LogP contribution in [0.3, 0.4) is 0 Å². The summed E-state index contributed by atoms with van der Waals surface area (Å²) >= 11 is 0. The predicted molar refractivity (Wildman–Crippen MR) is 55.7 cm³/mol. The van der Waals surface area contributed by atoms with Crippen molar-refractivity contribution >= 4 is 5.71 Å². The molecule has 0 radical (unpaired) electrons. The summed E-state index contributed by atoms with van der Waals surface area (Å²) in [6, 6.07) is 8.02. The summed E-state index contributed by atoms with van der Waals surface area (Å²) < 4.78 is 0. The van der Waals surface area contributed by atoms with Crippen molar-refractivity contribution in [3.8, 4) is 0 Å². The first-order valence-corrected chi connectivity index (χ1v) is 4.80. The molecule has 0 aromatic heterocycles. The predicted octanol–water partition coefficient (Wildman–Crippen LogP) is 1.66. The molecule has 0 fully saturated rings. The standard InChI is InChI=1S/C11H9N3O/c15-6-8-5-7-3-1-2-4-9(7)11-10(8)12-14-13-11/h1-4,15H,5-6H2. The van der Waals surface area contributed by atoms with Crippen molar-refractivity contribution in [1.29, 1.82) is 0 Å². The summed E-state index contributed by atoms with van der Waals surface area (Å²) in [5.74, 6) is 0. The molecule has 1 aliphatic heterocycles. The van der Waals surface area contributed by atoms with E-state index in [1.807, 2.05) is 24.3 Å². The fraction of sp³-hybridized carbons (Fsp3) is 0.182. The monoisotopic (exact) mass is 199 g/mol. The molecule has 1 aliphatic carbocycles. The Bertz CT molecular complexity index is 514. The lowest BCUT2D eigenvalue weighted by molar-refractivity contribution is 0.327. The van der Waals surface area contributed by atoms with Crippen molar-refractivity contribution in [2.75, 3.05) is 6.61 Å². The Kier molecular flexibility index (Phi) is 1.76. The van der Waals surface area contributed by atoms with Crippen LogP contribution in [-0.4, -0.2) is 17.4 Å². The van der Waals surface area contributed by atoms with Gasteiger partial charge < -0.3 is 5.11 Å². The lowest BCUT2D eigenvalue weighted by Crippen LogP contribution is -2.16. The van der Waals surface area contributed by atoms with Crippen molar-refractivity contribution in [1.82, 2.24) is 0 Å². The van der Waals surface area contributed by atoms with Gasteiger partial charge in [-0.2, -0.15) is 0 Å². The molecule has 1 aromatic carbocycles. The van der Waals surface area contributed by atoms with Gasteiger partial charge in [-0.15, -0.1) is 10.2 Å². The van der Waals surface area contributed by atoms with Crippen LogP contribution < -0.4 is 0 Å². The molecule has 0 bridgehead atoms. The molecule has 1 N–H and O–H groups in total. The minimum atomic E-state index is 0.0156. The number of nitrogens with zero attached hydrogens (tertiary/aromatic N) is 3. The average molecular weight is 199 g/mol. The van der Waals surface area contributed by atoms with Gasteiger partial charge in [-0.25, -0.2) is 0 Å². The third kappa shape index (κ3) is 1.15. The molecule has 74 valence electrons. The van der Waals surface area contributed by atoms with Gasteiger partial charge in [0.1, 0.15) is 11.4 Å². The Balaban J connectivity index is 2.22. The average Bonchev–Trinajstić information content (AvgIpc) is 2.77. The Labute approximate surface area is 86.7 Å². The van der Waals surface area contributed by atoms with Crippen LogP contribution >= 0.6 is 0 Å². The first-order chi connectivity index (χ1) is 7.40.